The van der Waals surface area contributed by atoms with Crippen LogP contribution in [0.3, 0.4) is 0 Å². The number of carbonyl (C=O) groups excluding carboxylic acids is 2. The highest BCUT2D eigenvalue weighted by molar-refractivity contribution is 7.17. The number of aryl methyl sites for hydroxylation is 1. The molecule has 0 spiro atoms. The van der Waals surface area contributed by atoms with Gasteiger partial charge in [-0.2, -0.15) is 0 Å². The van der Waals surface area contributed by atoms with E-state index in [0.717, 1.165) is 11.3 Å². The average molecular weight is 396 g/mol. The Morgan fingerprint density at radius 3 is 2.36 bits per heavy atom. The highest BCUT2D eigenvalue weighted by Crippen LogP contribution is 2.29. The minimum Gasteiger partial charge on any atom is -0.508 e. The summed E-state index contributed by atoms with van der Waals surface area (Å²) in [6.07, 6.45) is 1.50. The number of hydrogen-bond donors (Lipinski definition) is 4. The third-order valence-electron chi connectivity index (χ3n) is 4.07. The van der Waals surface area contributed by atoms with Gasteiger partial charge in [-0.15, -0.1) is 0 Å². The zero-order chi connectivity index (χ0) is 20.3. The molecule has 28 heavy (non-hydrogen) atoms. The number of aromatic nitrogens is 1. The largest absolute Gasteiger partial charge is 0.508 e. The summed E-state index contributed by atoms with van der Waals surface area (Å²) in [5, 5.41) is 19.1. The Morgan fingerprint density at radius 1 is 1.00 bits per heavy atom. The molecule has 0 aliphatic rings. The lowest BCUT2D eigenvalue weighted by atomic mass is 10.1. The smallest absolute Gasteiger partial charge is 0.267 e. The molecular formula is C20H20N4O3S. The van der Waals surface area contributed by atoms with Gasteiger partial charge in [-0.3, -0.25) is 9.59 Å². The molecular weight excluding hydrogens is 376 g/mol. The molecule has 0 bridgehead atoms. The second kappa shape index (κ2) is 8.10. The van der Waals surface area contributed by atoms with Gasteiger partial charge in [-0.1, -0.05) is 17.4 Å². The summed E-state index contributed by atoms with van der Waals surface area (Å²) in [4.78, 5) is 28.3. The maximum Gasteiger partial charge on any atom is 0.267 e. The molecule has 7 nitrogen and oxygen atoms in total. The van der Waals surface area contributed by atoms with Crippen LogP contribution in [0.4, 0.5) is 22.2 Å². The van der Waals surface area contributed by atoms with E-state index in [1.165, 1.54) is 24.5 Å². The van der Waals surface area contributed by atoms with Crippen LogP contribution in [0, 0.1) is 13.8 Å². The molecule has 0 saturated heterocycles. The number of phenols is 1. The molecule has 3 aromatic rings. The van der Waals surface area contributed by atoms with Gasteiger partial charge in [0.25, 0.3) is 5.91 Å². The average Bonchev–Trinajstić information content (AvgIpc) is 3.12. The normalized spacial score (nSPS) is 10.4. The van der Waals surface area contributed by atoms with Crippen LogP contribution in [-0.4, -0.2) is 21.9 Å². The lowest BCUT2D eigenvalue weighted by molar-refractivity contribution is -0.114. The monoisotopic (exact) mass is 396 g/mol. The topological polar surface area (TPSA) is 103 Å². The number of benzene rings is 2. The number of carbonyl (C=O) groups is 2. The molecule has 2 aromatic carbocycles. The number of aromatic hydroxyl groups is 1. The molecule has 3 rings (SSSR count). The number of thiazole rings is 1. The van der Waals surface area contributed by atoms with Gasteiger partial charge in [0, 0.05) is 23.9 Å². The van der Waals surface area contributed by atoms with E-state index in [2.05, 4.69) is 20.9 Å². The molecule has 0 aliphatic carbocycles. The number of rotatable bonds is 5. The van der Waals surface area contributed by atoms with E-state index >= 15 is 0 Å². The van der Waals surface area contributed by atoms with E-state index in [1.807, 2.05) is 19.1 Å². The lowest BCUT2D eigenvalue weighted by Crippen LogP contribution is -2.12. The number of hydrogen-bond acceptors (Lipinski definition) is 6. The highest BCUT2D eigenvalue weighted by Gasteiger charge is 2.15. The molecule has 0 saturated carbocycles. The van der Waals surface area contributed by atoms with Crippen molar-refractivity contribution in [2.24, 2.45) is 0 Å². The van der Waals surface area contributed by atoms with Crippen molar-refractivity contribution >= 4 is 45.3 Å². The molecule has 4 N–H and O–H groups in total. The summed E-state index contributed by atoms with van der Waals surface area (Å²) in [6, 6.07) is 10.5. The van der Waals surface area contributed by atoms with Gasteiger partial charge in [0.15, 0.2) is 5.13 Å². The Labute approximate surface area is 166 Å². The molecule has 1 aromatic heterocycles. The van der Waals surface area contributed by atoms with Crippen molar-refractivity contribution in [3.63, 3.8) is 0 Å². The molecule has 1 heterocycles. The van der Waals surface area contributed by atoms with Crippen LogP contribution in [0.25, 0.3) is 0 Å². The zero-order valence-electron chi connectivity index (χ0n) is 15.7. The molecule has 0 aliphatic heterocycles. The van der Waals surface area contributed by atoms with Crippen LogP contribution in [0.15, 0.2) is 42.6 Å². The first kappa shape index (κ1) is 19.4. The Bertz CT molecular complexity index is 1030. The van der Waals surface area contributed by atoms with Gasteiger partial charge in [0.05, 0.1) is 11.9 Å². The summed E-state index contributed by atoms with van der Waals surface area (Å²) < 4.78 is 0. The second-order valence-electron chi connectivity index (χ2n) is 6.27. The SMILES string of the molecule is CC(=O)Nc1ccc(Nc2ncc(C(=O)Nc3c(C)ccc(O)c3C)s2)cc1. The second-order valence-corrected chi connectivity index (χ2v) is 7.30. The maximum absolute atomic E-state index is 12.6. The lowest BCUT2D eigenvalue weighted by Gasteiger charge is -2.11. The summed E-state index contributed by atoms with van der Waals surface area (Å²) >= 11 is 1.22. The Kier molecular flexibility index (Phi) is 5.60. The summed E-state index contributed by atoms with van der Waals surface area (Å²) in [7, 11) is 0. The Balaban J connectivity index is 1.69. The van der Waals surface area contributed by atoms with Crippen molar-refractivity contribution in [1.82, 2.24) is 4.98 Å². The first-order valence-corrected chi connectivity index (χ1v) is 9.36. The minimum atomic E-state index is -0.289. The van der Waals surface area contributed by atoms with Crippen molar-refractivity contribution in [1.29, 1.82) is 0 Å². The molecule has 0 radical (unpaired) electrons. The first-order valence-electron chi connectivity index (χ1n) is 8.54. The minimum absolute atomic E-state index is 0.131. The molecule has 2 amide bonds. The maximum atomic E-state index is 12.6. The third kappa shape index (κ3) is 4.47. The molecule has 0 atom stereocenters. The summed E-state index contributed by atoms with van der Waals surface area (Å²) in [5.74, 6) is -0.285. The third-order valence-corrected chi connectivity index (χ3v) is 4.98. The van der Waals surface area contributed by atoms with Crippen LogP contribution in [0.5, 0.6) is 5.75 Å². The van der Waals surface area contributed by atoms with E-state index in [0.29, 0.717) is 26.9 Å². The summed E-state index contributed by atoms with van der Waals surface area (Å²) in [5.41, 5.74) is 3.58. The van der Waals surface area contributed by atoms with Crippen LogP contribution >= 0.6 is 11.3 Å². The van der Waals surface area contributed by atoms with Crippen molar-refractivity contribution in [2.45, 2.75) is 20.8 Å². The van der Waals surface area contributed by atoms with Gasteiger partial charge in [0.2, 0.25) is 5.91 Å². The van der Waals surface area contributed by atoms with E-state index in [1.54, 1.807) is 31.2 Å². The van der Waals surface area contributed by atoms with Crippen molar-refractivity contribution in [3.05, 3.63) is 58.6 Å². The predicted molar refractivity (Wildman–Crippen MR) is 112 cm³/mol. The molecule has 144 valence electrons. The van der Waals surface area contributed by atoms with E-state index in [4.69, 9.17) is 0 Å². The van der Waals surface area contributed by atoms with Gasteiger partial charge >= 0.3 is 0 Å². The number of phenolic OH excluding ortho intramolecular Hbond substituents is 1. The van der Waals surface area contributed by atoms with Crippen molar-refractivity contribution in [3.8, 4) is 5.75 Å². The van der Waals surface area contributed by atoms with Gasteiger partial charge in [-0.25, -0.2) is 4.98 Å². The van der Waals surface area contributed by atoms with Gasteiger partial charge in [0.1, 0.15) is 10.6 Å². The van der Waals surface area contributed by atoms with Crippen LogP contribution in [0.1, 0.15) is 27.7 Å². The number of nitrogens with zero attached hydrogens (tertiary/aromatic N) is 1. The fraction of sp³-hybridized carbons (Fsp3) is 0.150. The first-order chi connectivity index (χ1) is 13.3. The fourth-order valence-electron chi connectivity index (χ4n) is 2.60. The van der Waals surface area contributed by atoms with Crippen molar-refractivity contribution < 1.29 is 14.7 Å². The molecule has 0 unspecified atom stereocenters. The van der Waals surface area contributed by atoms with Gasteiger partial charge in [-0.05, 0) is 49.7 Å². The fourth-order valence-corrected chi connectivity index (χ4v) is 3.34. The predicted octanol–water partition coefficient (Wildman–Crippen LogP) is 4.42. The standard InChI is InChI=1S/C20H20N4O3S/c1-11-4-9-16(26)12(2)18(11)24-19(27)17-10-21-20(28-17)23-15-7-5-14(6-8-15)22-13(3)25/h4-10,26H,1-3H3,(H,21,23)(H,22,25)(H,24,27). The molecule has 8 heteroatoms. The Morgan fingerprint density at radius 2 is 1.68 bits per heavy atom. The van der Waals surface area contributed by atoms with Crippen LogP contribution in [0.2, 0.25) is 0 Å². The van der Waals surface area contributed by atoms with E-state index < -0.39 is 0 Å². The highest BCUT2D eigenvalue weighted by atomic mass is 32.1. The number of anilines is 4. The van der Waals surface area contributed by atoms with Crippen LogP contribution < -0.4 is 16.0 Å². The van der Waals surface area contributed by atoms with Gasteiger partial charge < -0.3 is 21.1 Å². The summed E-state index contributed by atoms with van der Waals surface area (Å²) in [6.45, 7) is 5.07. The van der Waals surface area contributed by atoms with E-state index in [-0.39, 0.29) is 17.6 Å². The van der Waals surface area contributed by atoms with Crippen LogP contribution in [-0.2, 0) is 4.79 Å². The number of nitrogens with one attached hydrogen (secondary N) is 3. The quantitative estimate of drug-likeness (QED) is 0.511. The van der Waals surface area contributed by atoms with E-state index in [9.17, 15) is 14.7 Å². The Hall–Kier alpha value is -3.39. The molecule has 0 fully saturated rings. The number of amides is 2. The zero-order valence-corrected chi connectivity index (χ0v) is 16.5. The van der Waals surface area contributed by atoms with Crippen molar-refractivity contribution in [2.75, 3.05) is 16.0 Å².